The summed E-state index contributed by atoms with van der Waals surface area (Å²) in [5, 5.41) is 0. The van der Waals surface area contributed by atoms with Crippen LogP contribution in [0.25, 0.3) is 0 Å². The van der Waals surface area contributed by atoms with Crippen molar-refractivity contribution in [2.24, 2.45) is 0 Å². The lowest BCUT2D eigenvalue weighted by Gasteiger charge is -2.18. The topological polar surface area (TPSA) is 78.9 Å². The molecule has 0 radical (unpaired) electrons. The average molecular weight is 1110 g/mol. The summed E-state index contributed by atoms with van der Waals surface area (Å²) >= 11 is 0. The van der Waals surface area contributed by atoms with Crippen LogP contribution in [0.5, 0.6) is 0 Å². The Morgan fingerprint density at radius 1 is 0.263 bits per heavy atom. The number of hydrogen-bond acceptors (Lipinski definition) is 6. The van der Waals surface area contributed by atoms with E-state index < -0.39 is 6.10 Å². The molecule has 0 saturated carbocycles. The second kappa shape index (κ2) is 67.8. The molecule has 6 nitrogen and oxygen atoms in total. The molecule has 80 heavy (non-hydrogen) atoms. The Bertz CT molecular complexity index is 1560. The number of hydrogen-bond donors (Lipinski definition) is 0. The van der Waals surface area contributed by atoms with Crippen LogP contribution in [-0.2, 0) is 28.6 Å². The van der Waals surface area contributed by atoms with Crippen molar-refractivity contribution < 1.29 is 28.6 Å². The highest BCUT2D eigenvalue weighted by Crippen LogP contribution is 2.18. The third kappa shape index (κ3) is 65.1. The lowest BCUT2D eigenvalue weighted by Crippen LogP contribution is -2.30. The van der Waals surface area contributed by atoms with Gasteiger partial charge in [-0.1, -0.05) is 323 Å². The van der Waals surface area contributed by atoms with Crippen molar-refractivity contribution in [1.82, 2.24) is 0 Å². The molecule has 0 heterocycles. The van der Waals surface area contributed by atoms with Crippen LogP contribution in [0.4, 0.5) is 0 Å². The minimum atomic E-state index is -0.816. The van der Waals surface area contributed by atoms with Crippen molar-refractivity contribution >= 4 is 17.9 Å². The van der Waals surface area contributed by atoms with E-state index in [0.717, 1.165) is 116 Å². The molecule has 1 atom stereocenters. The largest absolute Gasteiger partial charge is 0.462 e. The van der Waals surface area contributed by atoms with Crippen LogP contribution in [0.3, 0.4) is 0 Å². The monoisotopic (exact) mass is 1110 g/mol. The number of rotatable bonds is 62. The van der Waals surface area contributed by atoms with Gasteiger partial charge in [0.2, 0.25) is 0 Å². The first-order valence-corrected chi connectivity index (χ1v) is 34.2. The van der Waals surface area contributed by atoms with E-state index in [1.54, 1.807) is 0 Å². The lowest BCUT2D eigenvalue weighted by atomic mass is 10.0. The standard InChI is InChI=1S/C74H128O6/c1-4-7-10-13-16-19-22-25-28-30-31-32-33-34-35-36-37-38-39-40-41-42-44-46-49-52-55-58-61-64-67-73(76)79-70-71(69-78-72(75)66-63-60-57-54-51-48-45-27-24-21-18-15-12-9-6-3)80-74(77)68-65-62-59-56-53-50-47-43-29-26-23-20-17-14-11-8-5-2/h8-9,11-12,17-18,20-21,26-27,29,45,47,50,56,59,71H,4-7,10,13-16,19,22-25,28,30-44,46,48-49,51-55,57-58,60-70H2,1-3H3/b11-8-,12-9-,20-17-,21-18-,29-26-,45-27-,50-47-,59-56-. The van der Waals surface area contributed by atoms with Crippen molar-refractivity contribution in [3.05, 3.63) is 97.2 Å². The van der Waals surface area contributed by atoms with Gasteiger partial charge in [0.05, 0.1) is 0 Å². The third-order valence-corrected chi connectivity index (χ3v) is 14.8. The fourth-order valence-corrected chi connectivity index (χ4v) is 9.79. The summed E-state index contributed by atoms with van der Waals surface area (Å²) in [7, 11) is 0. The SMILES string of the molecule is CC/C=C\C/C=C\C/C=C\C/C=C\C/C=C\CCCC(=O)OC(COC(=O)CCCCCCC/C=C\C/C=C\C/C=C\CC)COC(=O)CCCCCCCCCCCCCCCCCCCCCCCCCCCCCCCC. The minimum absolute atomic E-state index is 0.104. The third-order valence-electron chi connectivity index (χ3n) is 14.8. The van der Waals surface area contributed by atoms with Gasteiger partial charge in [0, 0.05) is 19.3 Å². The van der Waals surface area contributed by atoms with Gasteiger partial charge in [0.15, 0.2) is 6.10 Å². The number of carbonyl (C=O) groups excluding carboxylic acids is 3. The summed E-state index contributed by atoms with van der Waals surface area (Å²) < 4.78 is 16.9. The van der Waals surface area contributed by atoms with Gasteiger partial charge in [0.25, 0.3) is 0 Å². The van der Waals surface area contributed by atoms with E-state index in [1.165, 1.54) is 173 Å². The summed E-state index contributed by atoms with van der Waals surface area (Å²) in [6.45, 7) is 6.39. The molecule has 0 aliphatic heterocycles. The van der Waals surface area contributed by atoms with Gasteiger partial charge in [-0.25, -0.2) is 0 Å². The van der Waals surface area contributed by atoms with Gasteiger partial charge in [-0.2, -0.15) is 0 Å². The summed E-state index contributed by atoms with van der Waals surface area (Å²) in [5.41, 5.74) is 0. The minimum Gasteiger partial charge on any atom is -0.462 e. The van der Waals surface area contributed by atoms with Gasteiger partial charge in [-0.05, 0) is 89.9 Å². The van der Waals surface area contributed by atoms with E-state index in [1.807, 2.05) is 0 Å². The Kier molecular flexibility index (Phi) is 64.7. The summed E-state index contributed by atoms with van der Waals surface area (Å²) in [5.74, 6) is -0.969. The average Bonchev–Trinajstić information content (AvgIpc) is 3.46. The van der Waals surface area contributed by atoms with E-state index in [9.17, 15) is 14.4 Å². The van der Waals surface area contributed by atoms with Crippen molar-refractivity contribution in [2.75, 3.05) is 13.2 Å². The van der Waals surface area contributed by atoms with Crippen molar-refractivity contribution in [1.29, 1.82) is 0 Å². The first-order chi connectivity index (χ1) is 39.5. The highest BCUT2D eigenvalue weighted by Gasteiger charge is 2.19. The first kappa shape index (κ1) is 76.3. The van der Waals surface area contributed by atoms with Gasteiger partial charge >= 0.3 is 17.9 Å². The molecule has 0 aromatic heterocycles. The number of ether oxygens (including phenoxy) is 3. The molecule has 0 fully saturated rings. The Hall–Kier alpha value is -3.67. The van der Waals surface area contributed by atoms with E-state index in [4.69, 9.17) is 14.2 Å². The van der Waals surface area contributed by atoms with E-state index >= 15 is 0 Å². The molecule has 0 aliphatic carbocycles. The van der Waals surface area contributed by atoms with E-state index in [0.29, 0.717) is 19.3 Å². The fourth-order valence-electron chi connectivity index (χ4n) is 9.79. The Balaban J connectivity index is 4.26. The number of esters is 3. The Labute approximate surface area is 496 Å². The zero-order valence-corrected chi connectivity index (χ0v) is 52.8. The molecular formula is C74H128O6. The predicted molar refractivity (Wildman–Crippen MR) is 348 cm³/mol. The van der Waals surface area contributed by atoms with Gasteiger partial charge in [0.1, 0.15) is 13.2 Å². The molecule has 0 spiro atoms. The highest BCUT2D eigenvalue weighted by atomic mass is 16.6. The van der Waals surface area contributed by atoms with E-state index in [-0.39, 0.29) is 37.5 Å². The molecule has 1 unspecified atom stereocenters. The summed E-state index contributed by atoms with van der Waals surface area (Å²) in [6.07, 6.45) is 91.7. The summed E-state index contributed by atoms with van der Waals surface area (Å²) in [4.78, 5) is 38.3. The van der Waals surface area contributed by atoms with Crippen LogP contribution in [0, 0.1) is 0 Å². The molecular weight excluding hydrogens is 985 g/mol. The molecule has 0 saturated heterocycles. The van der Waals surface area contributed by atoms with Gasteiger partial charge < -0.3 is 14.2 Å². The molecule has 0 bridgehead atoms. The van der Waals surface area contributed by atoms with Crippen molar-refractivity contribution in [3.63, 3.8) is 0 Å². The van der Waals surface area contributed by atoms with Crippen LogP contribution in [0.15, 0.2) is 97.2 Å². The number of carbonyl (C=O) groups is 3. The zero-order valence-electron chi connectivity index (χ0n) is 52.8. The van der Waals surface area contributed by atoms with Gasteiger partial charge in [-0.15, -0.1) is 0 Å². The van der Waals surface area contributed by atoms with Gasteiger partial charge in [-0.3, -0.25) is 14.4 Å². The number of unbranched alkanes of at least 4 members (excludes halogenated alkanes) is 35. The summed E-state index contributed by atoms with van der Waals surface area (Å²) in [6, 6.07) is 0. The molecule has 6 heteroatoms. The number of allylic oxidation sites excluding steroid dienone is 16. The smallest absolute Gasteiger partial charge is 0.306 e. The molecule has 0 N–H and O–H groups in total. The maximum atomic E-state index is 12.9. The molecule has 0 aromatic carbocycles. The molecule has 0 aliphatic rings. The van der Waals surface area contributed by atoms with Crippen LogP contribution in [0.1, 0.15) is 335 Å². The second-order valence-corrected chi connectivity index (χ2v) is 22.7. The zero-order chi connectivity index (χ0) is 57.8. The maximum absolute atomic E-state index is 12.9. The van der Waals surface area contributed by atoms with Crippen LogP contribution in [-0.4, -0.2) is 37.2 Å². The maximum Gasteiger partial charge on any atom is 0.306 e. The molecule has 0 aromatic rings. The normalized spacial score (nSPS) is 12.7. The van der Waals surface area contributed by atoms with Crippen molar-refractivity contribution in [2.45, 2.75) is 341 Å². The fraction of sp³-hybridized carbons (Fsp3) is 0.743. The van der Waals surface area contributed by atoms with Crippen LogP contribution < -0.4 is 0 Å². The quantitative estimate of drug-likeness (QED) is 0.0261. The second-order valence-electron chi connectivity index (χ2n) is 22.7. The van der Waals surface area contributed by atoms with Crippen molar-refractivity contribution in [3.8, 4) is 0 Å². The molecule has 0 rings (SSSR count). The van der Waals surface area contributed by atoms with Crippen LogP contribution in [0.2, 0.25) is 0 Å². The Morgan fingerprint density at radius 2 is 0.500 bits per heavy atom. The Morgan fingerprint density at radius 3 is 0.800 bits per heavy atom. The van der Waals surface area contributed by atoms with E-state index in [2.05, 4.69) is 118 Å². The predicted octanol–water partition coefficient (Wildman–Crippen LogP) is 23.6. The highest BCUT2D eigenvalue weighted by molar-refractivity contribution is 5.71. The molecule has 0 amide bonds. The van der Waals surface area contributed by atoms with Crippen LogP contribution >= 0.6 is 0 Å². The molecule has 460 valence electrons. The lowest BCUT2D eigenvalue weighted by molar-refractivity contribution is -0.167. The first-order valence-electron chi connectivity index (χ1n) is 34.2.